The van der Waals surface area contributed by atoms with E-state index in [2.05, 4.69) is 14.9 Å². The lowest BCUT2D eigenvalue weighted by atomic mass is 10.1. The van der Waals surface area contributed by atoms with E-state index in [1.165, 1.54) is 0 Å². The summed E-state index contributed by atoms with van der Waals surface area (Å²) in [6, 6.07) is 7.19. The maximum Gasteiger partial charge on any atom is 0.271 e. The zero-order valence-corrected chi connectivity index (χ0v) is 15.2. The molecule has 6 nitrogen and oxygen atoms in total. The zero-order chi connectivity index (χ0) is 17.3. The number of hydrogen-bond acceptors (Lipinski definition) is 6. The van der Waals surface area contributed by atoms with Crippen molar-refractivity contribution in [3.63, 3.8) is 0 Å². The largest absolute Gasteiger partial charge is 0.421 e. The zero-order valence-electron chi connectivity index (χ0n) is 13.5. The first kappa shape index (κ1) is 16.7. The predicted molar refractivity (Wildman–Crippen MR) is 93.7 cm³/mol. The van der Waals surface area contributed by atoms with Gasteiger partial charge in [0.2, 0.25) is 11.8 Å². The molecule has 8 heteroatoms. The van der Waals surface area contributed by atoms with Crippen LogP contribution in [0.2, 0.25) is 0 Å². The standard InChI is InChI=1S/C16H17N3O3S2/c1-4-14-17-18-16(22-14)12-8-15(23-9-12)24(20,21)19-13-7-10(2)5-6-11(13)3/h5-9,19H,4H2,1-3H3. The maximum absolute atomic E-state index is 12.6. The van der Waals surface area contributed by atoms with Gasteiger partial charge in [0.05, 0.1) is 11.3 Å². The first-order chi connectivity index (χ1) is 11.4. The molecule has 3 aromatic rings. The minimum Gasteiger partial charge on any atom is -0.421 e. The van der Waals surface area contributed by atoms with Crippen molar-refractivity contribution in [3.8, 4) is 11.5 Å². The van der Waals surface area contributed by atoms with Gasteiger partial charge < -0.3 is 4.42 Å². The van der Waals surface area contributed by atoms with Gasteiger partial charge in [0, 0.05) is 11.8 Å². The minimum atomic E-state index is -3.66. The first-order valence-electron chi connectivity index (χ1n) is 7.40. The maximum atomic E-state index is 12.6. The van der Waals surface area contributed by atoms with Crippen LogP contribution in [-0.4, -0.2) is 18.6 Å². The third kappa shape index (κ3) is 3.34. The SMILES string of the molecule is CCc1nnc(-c2csc(S(=O)(=O)Nc3cc(C)ccc3C)c2)o1. The first-order valence-corrected chi connectivity index (χ1v) is 9.76. The van der Waals surface area contributed by atoms with Gasteiger partial charge >= 0.3 is 0 Å². The Morgan fingerprint density at radius 1 is 1.21 bits per heavy atom. The predicted octanol–water partition coefficient (Wildman–Crippen LogP) is 3.78. The van der Waals surface area contributed by atoms with E-state index in [-0.39, 0.29) is 4.21 Å². The van der Waals surface area contributed by atoms with Crippen molar-refractivity contribution in [1.29, 1.82) is 0 Å². The number of hydrogen-bond donors (Lipinski definition) is 1. The lowest BCUT2D eigenvalue weighted by Crippen LogP contribution is -2.12. The summed E-state index contributed by atoms with van der Waals surface area (Å²) in [6.07, 6.45) is 0.635. The molecule has 3 rings (SSSR count). The van der Waals surface area contributed by atoms with Gasteiger partial charge in [-0.2, -0.15) is 0 Å². The molecule has 2 aromatic heterocycles. The Labute approximate surface area is 144 Å². The summed E-state index contributed by atoms with van der Waals surface area (Å²) in [7, 11) is -3.66. The summed E-state index contributed by atoms with van der Waals surface area (Å²) in [5, 5.41) is 9.53. The van der Waals surface area contributed by atoms with E-state index in [1.54, 1.807) is 11.4 Å². The summed E-state index contributed by atoms with van der Waals surface area (Å²) in [6.45, 7) is 5.69. The molecule has 0 amide bonds. The summed E-state index contributed by atoms with van der Waals surface area (Å²) in [5.74, 6) is 0.852. The van der Waals surface area contributed by atoms with Crippen LogP contribution < -0.4 is 4.72 Å². The topological polar surface area (TPSA) is 85.1 Å². The highest BCUT2D eigenvalue weighted by atomic mass is 32.2. The fraction of sp³-hybridized carbons (Fsp3) is 0.250. The van der Waals surface area contributed by atoms with Crippen LogP contribution in [0, 0.1) is 13.8 Å². The number of sulfonamides is 1. The van der Waals surface area contributed by atoms with Crippen molar-refractivity contribution in [2.24, 2.45) is 0 Å². The molecule has 1 aromatic carbocycles. The Bertz CT molecular complexity index is 974. The van der Waals surface area contributed by atoms with Gasteiger partial charge in [-0.3, -0.25) is 4.72 Å². The van der Waals surface area contributed by atoms with Gasteiger partial charge in [0.25, 0.3) is 10.0 Å². The normalized spacial score (nSPS) is 11.6. The Morgan fingerprint density at radius 2 is 2.00 bits per heavy atom. The second-order valence-corrected chi connectivity index (χ2v) is 8.25. The lowest BCUT2D eigenvalue weighted by molar-refractivity contribution is 0.513. The molecule has 2 heterocycles. The third-order valence-electron chi connectivity index (χ3n) is 3.49. The van der Waals surface area contributed by atoms with Crippen molar-refractivity contribution in [1.82, 2.24) is 10.2 Å². The average Bonchev–Trinajstić information content (AvgIpc) is 3.19. The Kier molecular flexibility index (Phi) is 4.42. The molecule has 0 fully saturated rings. The molecule has 1 N–H and O–H groups in total. The number of benzene rings is 1. The molecule has 0 saturated heterocycles. The van der Waals surface area contributed by atoms with Crippen molar-refractivity contribution in [2.75, 3.05) is 4.72 Å². The molecule has 0 unspecified atom stereocenters. The van der Waals surface area contributed by atoms with Gasteiger partial charge in [0.15, 0.2) is 0 Å². The van der Waals surface area contributed by atoms with Crippen molar-refractivity contribution in [2.45, 2.75) is 31.4 Å². The highest BCUT2D eigenvalue weighted by Crippen LogP contribution is 2.29. The quantitative estimate of drug-likeness (QED) is 0.746. The monoisotopic (exact) mass is 363 g/mol. The second-order valence-electron chi connectivity index (χ2n) is 5.43. The number of aromatic nitrogens is 2. The molecular weight excluding hydrogens is 346 g/mol. The van der Waals surface area contributed by atoms with Crippen molar-refractivity contribution in [3.05, 3.63) is 46.7 Å². The van der Waals surface area contributed by atoms with Crippen LogP contribution >= 0.6 is 11.3 Å². The van der Waals surface area contributed by atoms with Crippen molar-refractivity contribution >= 4 is 27.0 Å². The average molecular weight is 363 g/mol. The summed E-state index contributed by atoms with van der Waals surface area (Å²) >= 11 is 1.12. The fourth-order valence-electron chi connectivity index (χ4n) is 2.12. The number of nitrogens with one attached hydrogen (secondary N) is 1. The van der Waals surface area contributed by atoms with Crippen LogP contribution in [0.4, 0.5) is 5.69 Å². The number of nitrogens with zero attached hydrogens (tertiary/aromatic N) is 2. The van der Waals surface area contributed by atoms with Crippen LogP contribution in [0.25, 0.3) is 11.5 Å². The van der Waals surface area contributed by atoms with E-state index >= 15 is 0 Å². The van der Waals surface area contributed by atoms with Gasteiger partial charge in [-0.15, -0.1) is 21.5 Å². The molecule has 0 saturated carbocycles. The van der Waals surface area contributed by atoms with E-state index in [0.717, 1.165) is 22.5 Å². The Hall–Kier alpha value is -2.19. The molecule has 0 aliphatic heterocycles. The minimum absolute atomic E-state index is 0.203. The van der Waals surface area contributed by atoms with Crippen molar-refractivity contribution < 1.29 is 12.8 Å². The highest BCUT2D eigenvalue weighted by molar-refractivity contribution is 7.94. The van der Waals surface area contributed by atoms with E-state index in [9.17, 15) is 8.42 Å². The molecule has 0 aliphatic rings. The molecule has 24 heavy (non-hydrogen) atoms. The summed E-state index contributed by atoms with van der Waals surface area (Å²) < 4.78 is 33.5. The van der Waals surface area contributed by atoms with Crippen LogP contribution in [0.15, 0.2) is 38.3 Å². The summed E-state index contributed by atoms with van der Waals surface area (Å²) in [5.41, 5.74) is 3.04. The Morgan fingerprint density at radius 3 is 2.71 bits per heavy atom. The molecule has 0 spiro atoms. The lowest BCUT2D eigenvalue weighted by Gasteiger charge is -2.10. The molecule has 126 valence electrons. The van der Waals surface area contributed by atoms with Gasteiger partial charge in [-0.1, -0.05) is 19.1 Å². The number of thiophene rings is 1. The molecular formula is C16H17N3O3S2. The van der Waals surface area contributed by atoms with Crippen LogP contribution in [0.5, 0.6) is 0 Å². The van der Waals surface area contributed by atoms with E-state index < -0.39 is 10.0 Å². The number of rotatable bonds is 5. The van der Waals surface area contributed by atoms with E-state index in [1.807, 2.05) is 39.0 Å². The highest BCUT2D eigenvalue weighted by Gasteiger charge is 2.20. The third-order valence-corrected chi connectivity index (χ3v) is 6.30. The number of aryl methyl sites for hydroxylation is 3. The van der Waals surface area contributed by atoms with Gasteiger partial charge in [0.1, 0.15) is 4.21 Å². The smallest absolute Gasteiger partial charge is 0.271 e. The molecule has 0 atom stereocenters. The molecule has 0 radical (unpaired) electrons. The molecule has 0 bridgehead atoms. The molecule has 0 aliphatic carbocycles. The summed E-state index contributed by atoms with van der Waals surface area (Å²) in [4.78, 5) is 0. The van der Waals surface area contributed by atoms with E-state index in [0.29, 0.717) is 29.5 Å². The van der Waals surface area contributed by atoms with Gasteiger partial charge in [-0.05, 0) is 37.1 Å². The fourth-order valence-corrected chi connectivity index (χ4v) is 4.40. The Balaban J connectivity index is 1.89. The number of anilines is 1. The second kappa shape index (κ2) is 6.37. The van der Waals surface area contributed by atoms with Crippen LogP contribution in [-0.2, 0) is 16.4 Å². The van der Waals surface area contributed by atoms with Crippen LogP contribution in [0.3, 0.4) is 0 Å². The van der Waals surface area contributed by atoms with Gasteiger partial charge in [-0.25, -0.2) is 8.42 Å². The van der Waals surface area contributed by atoms with Crippen LogP contribution in [0.1, 0.15) is 23.9 Å². The van der Waals surface area contributed by atoms with E-state index in [4.69, 9.17) is 4.42 Å².